The second-order valence-electron chi connectivity index (χ2n) is 6.04. The largest absolute Gasteiger partial charge is 0.377 e. The fourth-order valence-corrected chi connectivity index (χ4v) is 2.87. The van der Waals surface area contributed by atoms with Crippen LogP contribution in [0.1, 0.15) is 35.6 Å². The Kier molecular flexibility index (Phi) is 5.58. The normalized spacial score (nSPS) is 20.6. The summed E-state index contributed by atoms with van der Waals surface area (Å²) in [6.07, 6.45) is 2.85. The molecule has 0 bridgehead atoms. The lowest BCUT2D eigenvalue weighted by atomic mass is 10.0. The summed E-state index contributed by atoms with van der Waals surface area (Å²) < 4.78 is 5.72. The summed E-state index contributed by atoms with van der Waals surface area (Å²) >= 11 is 0. The third-order valence-corrected chi connectivity index (χ3v) is 4.32. The second kappa shape index (κ2) is 7.21. The van der Waals surface area contributed by atoms with Crippen LogP contribution in [0.15, 0.2) is 18.2 Å². The summed E-state index contributed by atoms with van der Waals surface area (Å²) in [4.78, 5) is 2.38. The highest BCUT2D eigenvalue weighted by Gasteiger charge is 2.19. The maximum atomic E-state index is 5.72. The Morgan fingerprint density at radius 2 is 2.15 bits per heavy atom. The number of hydrogen-bond donors (Lipinski definition) is 1. The Balaban J connectivity index is 1.94. The maximum Gasteiger partial charge on any atom is 0.0702 e. The van der Waals surface area contributed by atoms with Crippen molar-refractivity contribution in [1.29, 1.82) is 0 Å². The van der Waals surface area contributed by atoms with Crippen molar-refractivity contribution in [2.45, 2.75) is 38.8 Å². The van der Waals surface area contributed by atoms with Gasteiger partial charge in [0, 0.05) is 25.7 Å². The SMILES string of the molecule is CNC(CN(C)CC1CCCO1)c1ccc(C)c(C)c1. The summed E-state index contributed by atoms with van der Waals surface area (Å²) in [5.41, 5.74) is 4.09. The van der Waals surface area contributed by atoms with E-state index in [-0.39, 0.29) is 0 Å². The molecular formula is C17H28N2O. The Morgan fingerprint density at radius 1 is 1.35 bits per heavy atom. The van der Waals surface area contributed by atoms with E-state index in [2.05, 4.69) is 49.3 Å². The lowest BCUT2D eigenvalue weighted by Crippen LogP contribution is -2.35. The van der Waals surface area contributed by atoms with Gasteiger partial charge in [-0.25, -0.2) is 0 Å². The molecule has 2 unspecified atom stereocenters. The number of aryl methyl sites for hydroxylation is 2. The van der Waals surface area contributed by atoms with Gasteiger partial charge in [-0.15, -0.1) is 0 Å². The number of likely N-dealkylation sites (N-methyl/N-ethyl adjacent to an activating group) is 2. The van der Waals surface area contributed by atoms with Gasteiger partial charge in [-0.3, -0.25) is 0 Å². The number of nitrogens with one attached hydrogen (secondary N) is 1. The Morgan fingerprint density at radius 3 is 2.75 bits per heavy atom. The maximum absolute atomic E-state index is 5.72. The Hall–Kier alpha value is -0.900. The summed E-state index contributed by atoms with van der Waals surface area (Å²) in [6.45, 7) is 7.33. The third-order valence-electron chi connectivity index (χ3n) is 4.32. The average molecular weight is 276 g/mol. The molecule has 0 radical (unpaired) electrons. The fourth-order valence-electron chi connectivity index (χ4n) is 2.87. The Bertz CT molecular complexity index is 427. The molecule has 1 N–H and O–H groups in total. The van der Waals surface area contributed by atoms with Gasteiger partial charge in [0.15, 0.2) is 0 Å². The molecule has 1 aromatic rings. The molecule has 1 saturated heterocycles. The first-order valence-electron chi connectivity index (χ1n) is 7.64. The summed E-state index contributed by atoms with van der Waals surface area (Å²) in [5.74, 6) is 0. The molecular weight excluding hydrogens is 248 g/mol. The monoisotopic (exact) mass is 276 g/mol. The average Bonchev–Trinajstić information content (AvgIpc) is 2.92. The molecule has 1 aromatic carbocycles. The molecule has 0 spiro atoms. The summed E-state index contributed by atoms with van der Waals surface area (Å²) in [7, 11) is 4.23. The van der Waals surface area contributed by atoms with Gasteiger partial charge in [0.2, 0.25) is 0 Å². The van der Waals surface area contributed by atoms with Crippen LogP contribution in [0.5, 0.6) is 0 Å². The standard InChI is InChI=1S/C17H28N2O/c1-13-7-8-15(10-14(13)2)17(18-3)12-19(4)11-16-6-5-9-20-16/h7-8,10,16-18H,5-6,9,11-12H2,1-4H3. The zero-order valence-corrected chi connectivity index (χ0v) is 13.3. The first-order valence-corrected chi connectivity index (χ1v) is 7.64. The van der Waals surface area contributed by atoms with Gasteiger partial charge in [0.25, 0.3) is 0 Å². The van der Waals surface area contributed by atoms with Gasteiger partial charge in [-0.05, 0) is 57.5 Å². The van der Waals surface area contributed by atoms with Crippen LogP contribution >= 0.6 is 0 Å². The zero-order chi connectivity index (χ0) is 14.5. The van der Waals surface area contributed by atoms with Crippen LogP contribution in [0.25, 0.3) is 0 Å². The van der Waals surface area contributed by atoms with E-state index in [1.165, 1.54) is 29.5 Å². The molecule has 1 fully saturated rings. The van der Waals surface area contributed by atoms with Crippen LogP contribution < -0.4 is 5.32 Å². The van der Waals surface area contributed by atoms with Gasteiger partial charge in [0.05, 0.1) is 6.10 Å². The summed E-state index contributed by atoms with van der Waals surface area (Å²) in [5, 5.41) is 3.44. The van der Waals surface area contributed by atoms with Crippen LogP contribution in [0.3, 0.4) is 0 Å². The molecule has 2 rings (SSSR count). The molecule has 1 aliphatic rings. The molecule has 1 heterocycles. The van der Waals surface area contributed by atoms with Gasteiger partial charge >= 0.3 is 0 Å². The van der Waals surface area contributed by atoms with E-state index in [1.807, 2.05) is 7.05 Å². The van der Waals surface area contributed by atoms with Gasteiger partial charge in [0.1, 0.15) is 0 Å². The van der Waals surface area contributed by atoms with Crippen molar-refractivity contribution in [3.63, 3.8) is 0 Å². The lowest BCUT2D eigenvalue weighted by Gasteiger charge is -2.26. The molecule has 20 heavy (non-hydrogen) atoms. The van der Waals surface area contributed by atoms with Crippen molar-refractivity contribution in [3.05, 3.63) is 34.9 Å². The minimum absolute atomic E-state index is 0.376. The van der Waals surface area contributed by atoms with E-state index in [0.29, 0.717) is 12.1 Å². The van der Waals surface area contributed by atoms with Crippen LogP contribution in [-0.2, 0) is 4.74 Å². The number of benzene rings is 1. The Labute approximate surface area is 123 Å². The minimum atomic E-state index is 0.376. The minimum Gasteiger partial charge on any atom is -0.377 e. The van der Waals surface area contributed by atoms with Crippen molar-refractivity contribution >= 4 is 0 Å². The van der Waals surface area contributed by atoms with E-state index in [9.17, 15) is 0 Å². The molecule has 112 valence electrons. The van der Waals surface area contributed by atoms with Crippen molar-refractivity contribution in [1.82, 2.24) is 10.2 Å². The van der Waals surface area contributed by atoms with Crippen molar-refractivity contribution < 1.29 is 4.74 Å². The van der Waals surface area contributed by atoms with E-state index in [1.54, 1.807) is 0 Å². The molecule has 0 aromatic heterocycles. The van der Waals surface area contributed by atoms with Crippen molar-refractivity contribution in [2.75, 3.05) is 33.8 Å². The fraction of sp³-hybridized carbons (Fsp3) is 0.647. The number of hydrogen-bond acceptors (Lipinski definition) is 3. The van der Waals surface area contributed by atoms with Gasteiger partial charge < -0.3 is 15.0 Å². The van der Waals surface area contributed by atoms with Crippen LogP contribution in [0.4, 0.5) is 0 Å². The zero-order valence-electron chi connectivity index (χ0n) is 13.3. The molecule has 3 heteroatoms. The first kappa shape index (κ1) is 15.5. The predicted molar refractivity (Wildman–Crippen MR) is 84.2 cm³/mol. The highest BCUT2D eigenvalue weighted by atomic mass is 16.5. The second-order valence-corrected chi connectivity index (χ2v) is 6.04. The van der Waals surface area contributed by atoms with Crippen LogP contribution in [0, 0.1) is 13.8 Å². The van der Waals surface area contributed by atoms with Crippen molar-refractivity contribution in [3.8, 4) is 0 Å². The molecule has 1 aliphatic heterocycles. The van der Waals surface area contributed by atoms with Crippen LogP contribution in [-0.4, -0.2) is 44.8 Å². The first-order chi connectivity index (χ1) is 9.60. The number of nitrogens with zero attached hydrogens (tertiary/aromatic N) is 1. The quantitative estimate of drug-likeness (QED) is 0.864. The molecule has 0 saturated carbocycles. The smallest absolute Gasteiger partial charge is 0.0702 e. The topological polar surface area (TPSA) is 24.5 Å². The van der Waals surface area contributed by atoms with E-state index < -0.39 is 0 Å². The highest BCUT2D eigenvalue weighted by Crippen LogP contribution is 2.19. The van der Waals surface area contributed by atoms with E-state index in [4.69, 9.17) is 4.74 Å². The van der Waals surface area contributed by atoms with Gasteiger partial charge in [-0.2, -0.15) is 0 Å². The predicted octanol–water partition coefficient (Wildman–Crippen LogP) is 2.67. The molecule has 2 atom stereocenters. The third kappa shape index (κ3) is 4.05. The molecule has 3 nitrogen and oxygen atoms in total. The molecule has 0 aliphatic carbocycles. The van der Waals surface area contributed by atoms with Crippen molar-refractivity contribution in [2.24, 2.45) is 0 Å². The summed E-state index contributed by atoms with van der Waals surface area (Å²) in [6, 6.07) is 7.13. The lowest BCUT2D eigenvalue weighted by molar-refractivity contribution is 0.0787. The highest BCUT2D eigenvalue weighted by molar-refractivity contribution is 5.31. The van der Waals surface area contributed by atoms with Gasteiger partial charge in [-0.1, -0.05) is 18.2 Å². The number of rotatable bonds is 6. The van der Waals surface area contributed by atoms with E-state index in [0.717, 1.165) is 19.7 Å². The number of ether oxygens (including phenoxy) is 1. The van der Waals surface area contributed by atoms with Crippen LogP contribution in [0.2, 0.25) is 0 Å². The van der Waals surface area contributed by atoms with E-state index >= 15 is 0 Å². The molecule has 0 amide bonds.